The van der Waals surface area contributed by atoms with E-state index in [0.29, 0.717) is 23.4 Å². The molecule has 2 aliphatic heterocycles. The number of nitrogens with zero attached hydrogens (tertiary/aromatic N) is 1. The lowest BCUT2D eigenvalue weighted by Crippen LogP contribution is -2.43. The average molecular weight is 271 g/mol. The van der Waals surface area contributed by atoms with Crippen LogP contribution in [0.3, 0.4) is 0 Å². The summed E-state index contributed by atoms with van der Waals surface area (Å²) < 4.78 is 5.38. The van der Waals surface area contributed by atoms with E-state index >= 15 is 0 Å². The molecule has 0 aliphatic carbocycles. The van der Waals surface area contributed by atoms with Gasteiger partial charge in [0.1, 0.15) is 11.3 Å². The van der Waals surface area contributed by atoms with E-state index < -0.39 is 0 Å². The summed E-state index contributed by atoms with van der Waals surface area (Å²) in [6.07, 6.45) is 5.03. The Balaban J connectivity index is 1.57. The molecule has 1 amide bonds. The monoisotopic (exact) mass is 271 g/mol. The van der Waals surface area contributed by atoms with Gasteiger partial charge in [-0.25, -0.2) is 4.98 Å². The van der Waals surface area contributed by atoms with Crippen LogP contribution in [0.15, 0.2) is 22.8 Å². The largest absolute Gasteiger partial charge is 0.464 e. The Hall–Kier alpha value is -1.88. The third kappa shape index (κ3) is 1.81. The second kappa shape index (κ2) is 4.31. The predicted octanol–water partition coefficient (Wildman–Crippen LogP) is 1.76. The molecule has 2 aliphatic rings. The molecule has 20 heavy (non-hydrogen) atoms. The summed E-state index contributed by atoms with van der Waals surface area (Å²) in [6.45, 7) is 1.90. The lowest BCUT2D eigenvalue weighted by molar-refractivity contribution is 0.0926. The van der Waals surface area contributed by atoms with Gasteiger partial charge in [-0.1, -0.05) is 0 Å². The smallest absolute Gasteiger partial charge is 0.270 e. The molecule has 0 aromatic carbocycles. The normalized spacial score (nSPS) is 28.1. The van der Waals surface area contributed by atoms with Crippen molar-refractivity contribution in [1.29, 1.82) is 0 Å². The van der Waals surface area contributed by atoms with Crippen LogP contribution in [-0.4, -0.2) is 29.0 Å². The van der Waals surface area contributed by atoms with E-state index in [1.807, 2.05) is 13.0 Å². The van der Waals surface area contributed by atoms with Crippen molar-refractivity contribution >= 4 is 16.9 Å². The number of aryl methyl sites for hydroxylation is 1. The summed E-state index contributed by atoms with van der Waals surface area (Å²) in [4.78, 5) is 16.7. The lowest BCUT2D eigenvalue weighted by Gasteiger charge is -2.21. The van der Waals surface area contributed by atoms with E-state index in [4.69, 9.17) is 4.42 Å². The van der Waals surface area contributed by atoms with Gasteiger partial charge in [-0.05, 0) is 32.3 Å². The predicted molar refractivity (Wildman–Crippen MR) is 74.6 cm³/mol. The van der Waals surface area contributed by atoms with E-state index in [-0.39, 0.29) is 11.9 Å². The molecule has 0 spiro atoms. The molecule has 0 saturated carbocycles. The first-order valence-electron chi connectivity index (χ1n) is 7.12. The molecule has 2 aromatic rings. The number of hydrogen-bond donors (Lipinski definition) is 2. The Labute approximate surface area is 116 Å². The second-order valence-corrected chi connectivity index (χ2v) is 5.79. The molecule has 2 bridgehead atoms. The Morgan fingerprint density at radius 3 is 3.15 bits per heavy atom. The highest BCUT2D eigenvalue weighted by molar-refractivity contribution is 5.96. The third-order valence-corrected chi connectivity index (χ3v) is 4.49. The summed E-state index contributed by atoms with van der Waals surface area (Å²) in [5.74, 6) is -0.106. The fourth-order valence-electron chi connectivity index (χ4n) is 3.47. The topological polar surface area (TPSA) is 67.2 Å². The van der Waals surface area contributed by atoms with Crippen LogP contribution in [0.1, 0.15) is 35.4 Å². The van der Waals surface area contributed by atoms with Crippen LogP contribution in [0.4, 0.5) is 0 Å². The lowest BCUT2D eigenvalue weighted by atomic mass is 9.95. The minimum absolute atomic E-state index is 0.106. The third-order valence-electron chi connectivity index (χ3n) is 4.49. The number of carbonyl (C=O) groups excluding carboxylic acids is 1. The van der Waals surface area contributed by atoms with E-state index in [1.165, 1.54) is 6.42 Å². The summed E-state index contributed by atoms with van der Waals surface area (Å²) in [5, 5.41) is 7.58. The van der Waals surface area contributed by atoms with Crippen molar-refractivity contribution in [3.63, 3.8) is 0 Å². The molecule has 3 atom stereocenters. The highest BCUT2D eigenvalue weighted by Gasteiger charge is 2.39. The number of nitrogens with one attached hydrogen (secondary N) is 2. The zero-order valence-electron chi connectivity index (χ0n) is 11.3. The number of rotatable bonds is 2. The Bertz CT molecular complexity index is 679. The minimum Gasteiger partial charge on any atom is -0.464 e. The number of aromatic nitrogens is 1. The van der Waals surface area contributed by atoms with Gasteiger partial charge < -0.3 is 15.1 Å². The number of carbonyl (C=O) groups is 1. The standard InChI is InChI=1S/C15H17N3O2/c1-8-10-4-5-20-14(10)7-13(16-8)15(19)18-12-6-9-2-3-11(12)17-9/h4-5,7,9,11-12,17H,2-3,6H2,1H3,(H,18,19)/t9-,11+,12-/m1/s1. The molecule has 2 N–H and O–H groups in total. The van der Waals surface area contributed by atoms with Crippen LogP contribution in [0.2, 0.25) is 0 Å². The van der Waals surface area contributed by atoms with Gasteiger partial charge in [0.15, 0.2) is 0 Å². The molecule has 0 radical (unpaired) electrons. The molecule has 5 heteroatoms. The van der Waals surface area contributed by atoms with Gasteiger partial charge in [0, 0.05) is 35.3 Å². The fourth-order valence-corrected chi connectivity index (χ4v) is 3.47. The van der Waals surface area contributed by atoms with Crippen LogP contribution in [-0.2, 0) is 0 Å². The van der Waals surface area contributed by atoms with Crippen LogP contribution in [0.5, 0.6) is 0 Å². The first-order valence-corrected chi connectivity index (χ1v) is 7.12. The van der Waals surface area contributed by atoms with Crippen molar-refractivity contribution < 1.29 is 9.21 Å². The van der Waals surface area contributed by atoms with Crippen molar-refractivity contribution in [1.82, 2.24) is 15.6 Å². The number of fused-ring (bicyclic) bond motifs is 3. The van der Waals surface area contributed by atoms with E-state index in [2.05, 4.69) is 15.6 Å². The molecule has 4 heterocycles. The number of furan rings is 1. The number of pyridine rings is 1. The number of hydrogen-bond acceptors (Lipinski definition) is 4. The minimum atomic E-state index is -0.106. The first-order chi connectivity index (χ1) is 9.70. The fraction of sp³-hybridized carbons (Fsp3) is 0.467. The van der Waals surface area contributed by atoms with Crippen molar-refractivity contribution in [3.8, 4) is 0 Å². The van der Waals surface area contributed by atoms with Crippen molar-refractivity contribution in [2.75, 3.05) is 0 Å². The van der Waals surface area contributed by atoms with Crippen molar-refractivity contribution in [2.24, 2.45) is 0 Å². The van der Waals surface area contributed by atoms with Crippen LogP contribution < -0.4 is 10.6 Å². The van der Waals surface area contributed by atoms with Gasteiger partial charge in [0.05, 0.1) is 6.26 Å². The Morgan fingerprint density at radius 1 is 1.50 bits per heavy atom. The van der Waals surface area contributed by atoms with Gasteiger partial charge in [-0.15, -0.1) is 0 Å². The quantitative estimate of drug-likeness (QED) is 0.873. The zero-order valence-corrected chi connectivity index (χ0v) is 11.3. The molecule has 2 fully saturated rings. The SMILES string of the molecule is Cc1nc(C(=O)N[C@@H]2C[C@H]3CC[C@@H]2N3)cc2occc12. The van der Waals surface area contributed by atoms with Gasteiger partial charge in [0.2, 0.25) is 0 Å². The van der Waals surface area contributed by atoms with Crippen LogP contribution >= 0.6 is 0 Å². The Kier molecular flexibility index (Phi) is 2.57. The maximum absolute atomic E-state index is 12.4. The molecule has 0 unspecified atom stereocenters. The van der Waals surface area contributed by atoms with Crippen molar-refractivity contribution in [3.05, 3.63) is 29.8 Å². The van der Waals surface area contributed by atoms with Gasteiger partial charge in [-0.2, -0.15) is 0 Å². The van der Waals surface area contributed by atoms with Gasteiger partial charge >= 0.3 is 0 Å². The maximum Gasteiger partial charge on any atom is 0.270 e. The van der Waals surface area contributed by atoms with E-state index in [0.717, 1.165) is 23.9 Å². The first kappa shape index (κ1) is 11.9. The van der Waals surface area contributed by atoms with Crippen LogP contribution in [0.25, 0.3) is 11.0 Å². The molecular formula is C15H17N3O2. The molecule has 5 nitrogen and oxygen atoms in total. The van der Waals surface area contributed by atoms with Gasteiger partial charge in [-0.3, -0.25) is 4.79 Å². The number of amides is 1. The highest BCUT2D eigenvalue weighted by Crippen LogP contribution is 2.28. The highest BCUT2D eigenvalue weighted by atomic mass is 16.3. The summed E-state index contributed by atoms with van der Waals surface area (Å²) in [6, 6.07) is 4.83. The summed E-state index contributed by atoms with van der Waals surface area (Å²) >= 11 is 0. The molecule has 4 rings (SSSR count). The van der Waals surface area contributed by atoms with E-state index in [1.54, 1.807) is 12.3 Å². The maximum atomic E-state index is 12.4. The average Bonchev–Trinajstić information content (AvgIpc) is 3.13. The van der Waals surface area contributed by atoms with Crippen molar-refractivity contribution in [2.45, 2.75) is 44.3 Å². The molecular weight excluding hydrogens is 254 g/mol. The Morgan fingerprint density at radius 2 is 2.40 bits per heavy atom. The summed E-state index contributed by atoms with van der Waals surface area (Å²) in [7, 11) is 0. The molecule has 2 aromatic heterocycles. The molecule has 104 valence electrons. The van der Waals surface area contributed by atoms with E-state index in [9.17, 15) is 4.79 Å². The summed E-state index contributed by atoms with van der Waals surface area (Å²) in [5.41, 5.74) is 1.98. The van der Waals surface area contributed by atoms with Gasteiger partial charge in [0.25, 0.3) is 5.91 Å². The van der Waals surface area contributed by atoms with Crippen LogP contribution in [0, 0.1) is 6.92 Å². The second-order valence-electron chi connectivity index (χ2n) is 5.79. The molecule has 2 saturated heterocycles. The zero-order chi connectivity index (χ0) is 13.7.